The molecular formula is C61H42N2O. The minimum absolute atomic E-state index is 0.0595. The third kappa shape index (κ3) is 5.41. The van der Waals surface area contributed by atoms with Gasteiger partial charge in [-0.1, -0.05) is 172 Å². The lowest BCUT2D eigenvalue weighted by Crippen LogP contribution is -2.14. The van der Waals surface area contributed by atoms with E-state index in [4.69, 9.17) is 4.42 Å². The van der Waals surface area contributed by atoms with Gasteiger partial charge in [0, 0.05) is 60.7 Å². The van der Waals surface area contributed by atoms with Gasteiger partial charge in [0.05, 0.1) is 11.0 Å². The Kier molecular flexibility index (Phi) is 7.95. The molecule has 64 heavy (non-hydrogen) atoms. The third-order valence-corrected chi connectivity index (χ3v) is 13.8. The Morgan fingerprint density at radius 3 is 1.77 bits per heavy atom. The van der Waals surface area contributed by atoms with Gasteiger partial charge in [-0.3, -0.25) is 0 Å². The second-order valence-electron chi connectivity index (χ2n) is 17.7. The maximum atomic E-state index is 6.77. The van der Waals surface area contributed by atoms with Crippen LogP contribution >= 0.6 is 0 Å². The van der Waals surface area contributed by atoms with Crippen LogP contribution in [-0.4, -0.2) is 4.57 Å². The molecule has 0 saturated carbocycles. The van der Waals surface area contributed by atoms with Crippen molar-refractivity contribution in [2.24, 2.45) is 0 Å². The van der Waals surface area contributed by atoms with Crippen LogP contribution in [0, 0.1) is 0 Å². The highest BCUT2D eigenvalue weighted by Crippen LogP contribution is 2.52. The summed E-state index contributed by atoms with van der Waals surface area (Å²) >= 11 is 0. The topological polar surface area (TPSA) is 21.3 Å². The first kappa shape index (κ1) is 36.5. The first-order valence-electron chi connectivity index (χ1n) is 22.2. The molecule has 0 bridgehead atoms. The molecule has 0 atom stereocenters. The van der Waals surface area contributed by atoms with E-state index in [2.05, 4.69) is 242 Å². The summed E-state index contributed by atoms with van der Waals surface area (Å²) in [7, 11) is 0. The average Bonchev–Trinajstić information content (AvgIpc) is 3.98. The number of para-hydroxylation sites is 3. The lowest BCUT2D eigenvalue weighted by Gasteiger charge is -2.26. The Morgan fingerprint density at radius 1 is 0.391 bits per heavy atom. The number of nitrogens with zero attached hydrogens (tertiary/aromatic N) is 2. The zero-order chi connectivity index (χ0) is 42.5. The lowest BCUT2D eigenvalue weighted by molar-refractivity contribution is 0.660. The van der Waals surface area contributed by atoms with Crippen molar-refractivity contribution >= 4 is 71.6 Å². The molecule has 3 nitrogen and oxygen atoms in total. The van der Waals surface area contributed by atoms with Crippen LogP contribution in [0.15, 0.2) is 223 Å². The molecular weight excluding hydrogens is 777 g/mol. The molecule has 0 fully saturated rings. The molecule has 0 unspecified atom stereocenters. The van der Waals surface area contributed by atoms with E-state index in [-0.39, 0.29) is 5.41 Å². The zero-order valence-electron chi connectivity index (χ0n) is 35.6. The van der Waals surface area contributed by atoms with E-state index in [0.29, 0.717) is 0 Å². The van der Waals surface area contributed by atoms with Crippen LogP contribution in [0.4, 0.5) is 17.1 Å². The molecule has 0 N–H and O–H groups in total. The summed E-state index contributed by atoms with van der Waals surface area (Å²) < 4.78 is 9.17. The molecule has 0 saturated heterocycles. The second-order valence-corrected chi connectivity index (χ2v) is 17.7. The van der Waals surface area contributed by atoms with Crippen LogP contribution in [0.5, 0.6) is 0 Å². The molecule has 302 valence electrons. The predicted molar refractivity (Wildman–Crippen MR) is 269 cm³/mol. The largest absolute Gasteiger partial charge is 0.455 e. The number of hydrogen-bond acceptors (Lipinski definition) is 2. The van der Waals surface area contributed by atoms with E-state index in [1.807, 2.05) is 0 Å². The van der Waals surface area contributed by atoms with Gasteiger partial charge in [-0.05, 0) is 105 Å². The van der Waals surface area contributed by atoms with Gasteiger partial charge >= 0.3 is 0 Å². The van der Waals surface area contributed by atoms with Crippen molar-refractivity contribution in [3.05, 3.63) is 230 Å². The van der Waals surface area contributed by atoms with E-state index < -0.39 is 0 Å². The van der Waals surface area contributed by atoms with Gasteiger partial charge in [-0.2, -0.15) is 0 Å². The first-order chi connectivity index (χ1) is 31.5. The van der Waals surface area contributed by atoms with Crippen LogP contribution in [0.3, 0.4) is 0 Å². The molecule has 2 heterocycles. The molecule has 13 rings (SSSR count). The van der Waals surface area contributed by atoms with Crippen LogP contribution in [0.2, 0.25) is 0 Å². The SMILES string of the molecule is CC1(C)c2ccccc2-c2c(-c3ccc(N(c4ccc(-c5cccc6c5oc5c7ccccc7ccc65)cc4)c4ccc5c6ccccc6n(-c6ccccc6)c5c4)cc3)cccc21. The summed E-state index contributed by atoms with van der Waals surface area (Å²) in [6.45, 7) is 4.70. The van der Waals surface area contributed by atoms with Gasteiger partial charge < -0.3 is 13.9 Å². The standard InChI is InChI=1S/C61H42N2O/c1-61(2)54-23-10-8-19-53(54)58-46(20-13-24-55(58)61)40-26-31-43(32-27-40)62(45-35-37-50-49-18-9-11-25-56(49)63(57(50)38-45)42-15-4-3-5-16-42)44-33-28-41(29-34-44)48-21-12-22-51-52-36-30-39-14-6-7-17-47(39)60(52)64-59(48)51/h3-38H,1-2H3. The Balaban J connectivity index is 0.967. The average molecular weight is 819 g/mol. The first-order valence-corrected chi connectivity index (χ1v) is 22.2. The van der Waals surface area contributed by atoms with Crippen LogP contribution in [0.25, 0.3) is 93.6 Å². The highest BCUT2D eigenvalue weighted by molar-refractivity contribution is 6.17. The number of fused-ring (bicyclic) bond motifs is 11. The van der Waals surface area contributed by atoms with Crippen molar-refractivity contribution < 1.29 is 4.42 Å². The zero-order valence-corrected chi connectivity index (χ0v) is 35.6. The predicted octanol–water partition coefficient (Wildman–Crippen LogP) is 16.9. The summed E-state index contributed by atoms with van der Waals surface area (Å²) in [5.41, 5.74) is 18.6. The van der Waals surface area contributed by atoms with Gasteiger partial charge in [0.1, 0.15) is 11.2 Å². The number of hydrogen-bond donors (Lipinski definition) is 0. The van der Waals surface area contributed by atoms with E-state index >= 15 is 0 Å². The van der Waals surface area contributed by atoms with Gasteiger partial charge in [-0.25, -0.2) is 0 Å². The molecule has 3 heteroatoms. The number of rotatable bonds is 6. The van der Waals surface area contributed by atoms with E-state index in [0.717, 1.165) is 66.7 Å². The monoisotopic (exact) mass is 818 g/mol. The normalized spacial score (nSPS) is 13.0. The van der Waals surface area contributed by atoms with Gasteiger partial charge in [-0.15, -0.1) is 0 Å². The number of aromatic nitrogens is 1. The minimum Gasteiger partial charge on any atom is -0.455 e. The molecule has 0 aliphatic heterocycles. The quantitative estimate of drug-likeness (QED) is 0.167. The summed E-state index contributed by atoms with van der Waals surface area (Å²) in [4.78, 5) is 2.39. The van der Waals surface area contributed by atoms with Crippen molar-refractivity contribution in [3.63, 3.8) is 0 Å². The fourth-order valence-corrected chi connectivity index (χ4v) is 10.7. The van der Waals surface area contributed by atoms with E-state index in [1.165, 1.54) is 55.1 Å². The summed E-state index contributed by atoms with van der Waals surface area (Å²) in [5.74, 6) is 0. The van der Waals surface area contributed by atoms with E-state index in [1.54, 1.807) is 0 Å². The molecule has 0 amide bonds. The molecule has 0 radical (unpaired) electrons. The van der Waals surface area contributed by atoms with Crippen LogP contribution in [-0.2, 0) is 5.41 Å². The Labute approximate surface area is 371 Å². The molecule has 2 aromatic heterocycles. The summed E-state index contributed by atoms with van der Waals surface area (Å²) in [5, 5.41) is 7.04. The van der Waals surface area contributed by atoms with Crippen molar-refractivity contribution in [1.82, 2.24) is 4.57 Å². The number of anilines is 3. The fraction of sp³-hybridized carbons (Fsp3) is 0.0492. The third-order valence-electron chi connectivity index (χ3n) is 13.8. The fourth-order valence-electron chi connectivity index (χ4n) is 10.7. The van der Waals surface area contributed by atoms with Crippen molar-refractivity contribution in [2.45, 2.75) is 19.3 Å². The van der Waals surface area contributed by atoms with Gasteiger partial charge in [0.25, 0.3) is 0 Å². The molecule has 1 aliphatic rings. The maximum Gasteiger partial charge on any atom is 0.143 e. The Hall–Kier alpha value is -8.14. The van der Waals surface area contributed by atoms with Gasteiger partial charge in [0.15, 0.2) is 0 Å². The van der Waals surface area contributed by atoms with Crippen molar-refractivity contribution in [1.29, 1.82) is 0 Å². The van der Waals surface area contributed by atoms with Crippen molar-refractivity contribution in [3.8, 4) is 39.1 Å². The maximum absolute atomic E-state index is 6.77. The van der Waals surface area contributed by atoms with Crippen LogP contribution < -0.4 is 4.90 Å². The lowest BCUT2D eigenvalue weighted by atomic mass is 9.82. The number of benzene rings is 10. The molecule has 12 aromatic rings. The molecule has 0 spiro atoms. The van der Waals surface area contributed by atoms with Gasteiger partial charge in [0.2, 0.25) is 0 Å². The molecule has 10 aromatic carbocycles. The second kappa shape index (κ2) is 13.9. The number of furan rings is 1. The highest BCUT2D eigenvalue weighted by Gasteiger charge is 2.36. The summed E-state index contributed by atoms with van der Waals surface area (Å²) in [6, 6.07) is 79.5. The minimum atomic E-state index is -0.0595. The smallest absolute Gasteiger partial charge is 0.143 e. The van der Waals surface area contributed by atoms with E-state index in [9.17, 15) is 0 Å². The van der Waals surface area contributed by atoms with Crippen LogP contribution in [0.1, 0.15) is 25.0 Å². The van der Waals surface area contributed by atoms with Crippen molar-refractivity contribution in [2.75, 3.05) is 4.90 Å². The molecule has 1 aliphatic carbocycles. The Bertz CT molecular complexity index is 3800. The Morgan fingerprint density at radius 2 is 0.953 bits per heavy atom. The summed E-state index contributed by atoms with van der Waals surface area (Å²) in [6.07, 6.45) is 0. The highest BCUT2D eigenvalue weighted by atomic mass is 16.3.